The minimum Gasteiger partial charge on any atom is -0.340 e. The first-order valence-corrected chi connectivity index (χ1v) is 9.79. The first-order valence-electron chi connectivity index (χ1n) is 8.63. The van der Waals surface area contributed by atoms with Crippen LogP contribution in [-0.2, 0) is 4.79 Å². The summed E-state index contributed by atoms with van der Waals surface area (Å²) in [6.45, 7) is 4.73. The van der Waals surface area contributed by atoms with E-state index in [9.17, 15) is 4.79 Å². The zero-order valence-electron chi connectivity index (χ0n) is 13.7. The van der Waals surface area contributed by atoms with Crippen molar-refractivity contribution >= 4 is 23.7 Å². The molecule has 124 valence electrons. The highest BCUT2D eigenvalue weighted by Gasteiger charge is 2.28. The largest absolute Gasteiger partial charge is 0.340 e. The van der Waals surface area contributed by atoms with Crippen molar-refractivity contribution in [2.24, 2.45) is 5.92 Å². The van der Waals surface area contributed by atoms with E-state index in [1.807, 2.05) is 17.8 Å². The molecule has 3 rings (SSSR count). The average molecular weight is 330 g/mol. The Balaban J connectivity index is 1.41. The summed E-state index contributed by atoms with van der Waals surface area (Å²) >= 11 is 1.94. The Labute approximate surface area is 143 Å². The van der Waals surface area contributed by atoms with Crippen LogP contribution in [0.4, 0.5) is 0 Å². The van der Waals surface area contributed by atoms with Crippen molar-refractivity contribution < 1.29 is 4.79 Å². The molecule has 1 aromatic rings. The summed E-state index contributed by atoms with van der Waals surface area (Å²) in [4.78, 5) is 17.1. The number of benzene rings is 1. The summed E-state index contributed by atoms with van der Waals surface area (Å²) < 4.78 is 0. The van der Waals surface area contributed by atoms with E-state index in [0.717, 1.165) is 44.9 Å². The molecule has 4 heteroatoms. The molecule has 0 aromatic heterocycles. The number of carbonyl (C=O) groups is 1. The lowest BCUT2D eigenvalue weighted by Gasteiger charge is -2.36. The van der Waals surface area contributed by atoms with E-state index >= 15 is 0 Å². The third-order valence-electron chi connectivity index (χ3n) is 4.67. The number of hydrogen-bond donors (Lipinski definition) is 0. The van der Waals surface area contributed by atoms with Crippen LogP contribution in [0.3, 0.4) is 0 Å². The summed E-state index contributed by atoms with van der Waals surface area (Å²) in [5, 5.41) is 0. The van der Waals surface area contributed by atoms with Gasteiger partial charge in [-0.3, -0.25) is 9.69 Å². The number of nitrogens with zero attached hydrogens (tertiary/aromatic N) is 2. The molecule has 0 aliphatic carbocycles. The Hall–Kier alpha value is -1.26. The number of piperazine rings is 1. The number of carbonyl (C=O) groups excluding carboxylic acids is 1. The maximum Gasteiger partial charge on any atom is 0.226 e. The van der Waals surface area contributed by atoms with Gasteiger partial charge in [-0.25, -0.2) is 0 Å². The van der Waals surface area contributed by atoms with Gasteiger partial charge in [-0.15, -0.1) is 0 Å². The maximum atomic E-state index is 12.5. The zero-order chi connectivity index (χ0) is 15.9. The third-order valence-corrected chi connectivity index (χ3v) is 5.88. The van der Waals surface area contributed by atoms with Crippen LogP contribution in [0.2, 0.25) is 0 Å². The molecule has 0 saturated carbocycles. The second kappa shape index (κ2) is 8.55. The molecule has 2 aliphatic heterocycles. The van der Waals surface area contributed by atoms with Crippen LogP contribution in [0.1, 0.15) is 18.4 Å². The van der Waals surface area contributed by atoms with E-state index in [-0.39, 0.29) is 5.92 Å². The first-order chi connectivity index (χ1) is 11.3. The number of thioether (sulfide) groups is 1. The molecule has 2 fully saturated rings. The Bertz CT molecular complexity index is 517. The van der Waals surface area contributed by atoms with Crippen molar-refractivity contribution in [3.63, 3.8) is 0 Å². The summed E-state index contributed by atoms with van der Waals surface area (Å²) in [7, 11) is 0. The number of amides is 1. The number of hydrogen-bond acceptors (Lipinski definition) is 3. The summed E-state index contributed by atoms with van der Waals surface area (Å²) in [6.07, 6.45) is 6.69. The molecule has 2 aliphatic rings. The molecular formula is C19H26N2OS. The van der Waals surface area contributed by atoms with Gasteiger partial charge < -0.3 is 4.90 Å². The maximum absolute atomic E-state index is 12.5. The standard InChI is InChI=1S/C19H26N2OS/c22-19(18-9-5-15-23-16-18)21-13-11-20(12-14-21)10-4-8-17-6-2-1-3-7-17/h1-4,6-8,18H,5,9-16H2/b8-4+. The van der Waals surface area contributed by atoms with Gasteiger partial charge in [0.05, 0.1) is 0 Å². The van der Waals surface area contributed by atoms with Gasteiger partial charge in [0.1, 0.15) is 0 Å². The van der Waals surface area contributed by atoms with Gasteiger partial charge in [-0.2, -0.15) is 11.8 Å². The quantitative estimate of drug-likeness (QED) is 0.848. The molecule has 3 nitrogen and oxygen atoms in total. The topological polar surface area (TPSA) is 23.6 Å². The fourth-order valence-corrected chi connectivity index (χ4v) is 4.38. The second-order valence-electron chi connectivity index (χ2n) is 6.35. The third kappa shape index (κ3) is 4.85. The second-order valence-corrected chi connectivity index (χ2v) is 7.50. The van der Waals surface area contributed by atoms with E-state index in [1.54, 1.807) is 0 Å². The van der Waals surface area contributed by atoms with E-state index < -0.39 is 0 Å². The summed E-state index contributed by atoms with van der Waals surface area (Å²) in [5.74, 6) is 2.93. The SMILES string of the molecule is O=C(C1CCCSC1)N1CCN(C/C=C/c2ccccc2)CC1. The molecule has 1 aromatic carbocycles. The smallest absolute Gasteiger partial charge is 0.226 e. The molecule has 1 unspecified atom stereocenters. The highest BCUT2D eigenvalue weighted by atomic mass is 32.2. The molecule has 0 radical (unpaired) electrons. The molecule has 23 heavy (non-hydrogen) atoms. The Morgan fingerprint density at radius 2 is 1.96 bits per heavy atom. The van der Waals surface area contributed by atoms with Crippen LogP contribution in [0, 0.1) is 5.92 Å². The fourth-order valence-electron chi connectivity index (χ4n) is 3.25. The van der Waals surface area contributed by atoms with Gasteiger partial charge in [-0.05, 0) is 24.2 Å². The van der Waals surface area contributed by atoms with Crippen LogP contribution in [0.15, 0.2) is 36.4 Å². The lowest BCUT2D eigenvalue weighted by atomic mass is 10.0. The predicted octanol–water partition coefficient (Wildman–Crippen LogP) is 2.99. The highest BCUT2D eigenvalue weighted by molar-refractivity contribution is 7.99. The molecule has 0 spiro atoms. The van der Waals surface area contributed by atoms with Crippen molar-refractivity contribution in [3.05, 3.63) is 42.0 Å². The molecule has 2 saturated heterocycles. The lowest BCUT2D eigenvalue weighted by Crippen LogP contribution is -2.50. The van der Waals surface area contributed by atoms with Crippen molar-refractivity contribution in [3.8, 4) is 0 Å². The summed E-state index contributed by atoms with van der Waals surface area (Å²) in [5.41, 5.74) is 1.25. The van der Waals surface area contributed by atoms with Gasteiger partial charge in [0.15, 0.2) is 0 Å². The van der Waals surface area contributed by atoms with Crippen LogP contribution in [0.25, 0.3) is 6.08 Å². The monoisotopic (exact) mass is 330 g/mol. The van der Waals surface area contributed by atoms with Crippen LogP contribution < -0.4 is 0 Å². The minimum absolute atomic E-state index is 0.276. The molecule has 2 heterocycles. The van der Waals surface area contributed by atoms with Crippen LogP contribution in [0.5, 0.6) is 0 Å². The average Bonchev–Trinajstić information content (AvgIpc) is 2.63. The molecule has 0 N–H and O–H groups in total. The van der Waals surface area contributed by atoms with Crippen LogP contribution in [-0.4, -0.2) is 59.9 Å². The lowest BCUT2D eigenvalue weighted by molar-refractivity contribution is -0.136. The van der Waals surface area contributed by atoms with Gasteiger partial charge >= 0.3 is 0 Å². The zero-order valence-corrected chi connectivity index (χ0v) is 14.5. The molecule has 1 atom stereocenters. The highest BCUT2D eigenvalue weighted by Crippen LogP contribution is 2.24. The van der Waals surface area contributed by atoms with E-state index in [1.165, 1.54) is 17.7 Å². The van der Waals surface area contributed by atoms with Crippen molar-refractivity contribution in [2.75, 3.05) is 44.2 Å². The minimum atomic E-state index is 0.276. The van der Waals surface area contributed by atoms with Gasteiger partial charge in [0, 0.05) is 44.4 Å². The molecular weight excluding hydrogens is 304 g/mol. The first kappa shape index (κ1) is 16.6. The van der Waals surface area contributed by atoms with Gasteiger partial charge in [0.25, 0.3) is 0 Å². The van der Waals surface area contributed by atoms with E-state index in [4.69, 9.17) is 0 Å². The van der Waals surface area contributed by atoms with Gasteiger partial charge in [0.2, 0.25) is 5.91 Å². The normalized spacial score (nSPS) is 23.3. The fraction of sp³-hybridized carbons (Fsp3) is 0.526. The number of rotatable bonds is 4. The van der Waals surface area contributed by atoms with Gasteiger partial charge in [-0.1, -0.05) is 42.5 Å². The Morgan fingerprint density at radius 1 is 1.17 bits per heavy atom. The van der Waals surface area contributed by atoms with Crippen molar-refractivity contribution in [2.45, 2.75) is 12.8 Å². The van der Waals surface area contributed by atoms with Crippen molar-refractivity contribution in [1.82, 2.24) is 9.80 Å². The summed E-state index contributed by atoms with van der Waals surface area (Å²) in [6, 6.07) is 10.4. The molecule has 0 bridgehead atoms. The van der Waals surface area contributed by atoms with Crippen molar-refractivity contribution in [1.29, 1.82) is 0 Å². The molecule has 1 amide bonds. The van der Waals surface area contributed by atoms with Crippen LogP contribution >= 0.6 is 11.8 Å². The predicted molar refractivity (Wildman–Crippen MR) is 98.5 cm³/mol. The van der Waals surface area contributed by atoms with E-state index in [2.05, 4.69) is 46.2 Å². The Morgan fingerprint density at radius 3 is 2.65 bits per heavy atom. The Kier molecular flexibility index (Phi) is 6.17. The van der Waals surface area contributed by atoms with E-state index in [0.29, 0.717) is 5.91 Å².